The average molecular weight is 622 g/mol. The second-order valence-corrected chi connectivity index (χ2v) is 11.7. The number of carbonyl (C=O) groups excluding carboxylic acids is 1. The molecule has 224 valence electrons. The smallest absolute Gasteiger partial charge is 0.264 e. The molecule has 4 rings (SSSR count). The second-order valence-electron chi connectivity index (χ2n) is 9.37. The van der Waals surface area contributed by atoms with Crippen molar-refractivity contribution in [3.8, 4) is 17.2 Å². The Morgan fingerprint density at radius 2 is 1.63 bits per heavy atom. The molecule has 0 aliphatic rings. The monoisotopic (exact) mass is 621 g/mol. The lowest BCUT2D eigenvalue weighted by Gasteiger charge is -2.24. The van der Waals surface area contributed by atoms with Crippen molar-refractivity contribution >= 4 is 39.4 Å². The van der Waals surface area contributed by atoms with Crippen molar-refractivity contribution in [3.63, 3.8) is 0 Å². The molecule has 0 saturated carbocycles. The van der Waals surface area contributed by atoms with E-state index in [0.29, 0.717) is 46.7 Å². The third-order valence-corrected chi connectivity index (χ3v) is 8.27. The molecule has 0 atom stereocenters. The van der Waals surface area contributed by atoms with Crippen LogP contribution in [0.25, 0.3) is 0 Å². The number of nitrogens with one attached hydrogen (secondary N) is 1. The zero-order chi connectivity index (χ0) is 30.8. The highest BCUT2D eigenvalue weighted by atomic mass is 35.5. The molecular formula is C32H32ClN3O6S. The number of hydrazone groups is 1. The highest BCUT2D eigenvalue weighted by Gasteiger charge is 2.27. The van der Waals surface area contributed by atoms with Crippen molar-refractivity contribution in [2.75, 3.05) is 24.6 Å². The van der Waals surface area contributed by atoms with Crippen LogP contribution in [0.1, 0.15) is 23.6 Å². The van der Waals surface area contributed by atoms with Crippen LogP contribution in [-0.4, -0.2) is 40.8 Å². The number of amides is 1. The molecule has 0 aromatic heterocycles. The predicted molar refractivity (Wildman–Crippen MR) is 168 cm³/mol. The maximum absolute atomic E-state index is 13.6. The predicted octanol–water partition coefficient (Wildman–Crippen LogP) is 5.98. The SMILES string of the molecule is CCOc1cc(/C=N\NC(=O)CN(c2ccc(C)cc2)S(=O)(=O)c2ccc(OC)cc2)ccc1OCc1ccc(Cl)cc1. The summed E-state index contributed by atoms with van der Waals surface area (Å²) in [4.78, 5) is 12.9. The second kappa shape index (κ2) is 14.6. The lowest BCUT2D eigenvalue weighted by Crippen LogP contribution is -2.39. The number of aryl methyl sites for hydroxylation is 1. The minimum absolute atomic E-state index is 0.0204. The first-order chi connectivity index (χ1) is 20.7. The summed E-state index contributed by atoms with van der Waals surface area (Å²) in [5.74, 6) is 0.960. The molecule has 11 heteroatoms. The minimum Gasteiger partial charge on any atom is -0.497 e. The van der Waals surface area contributed by atoms with E-state index < -0.39 is 22.5 Å². The van der Waals surface area contributed by atoms with Gasteiger partial charge in [0, 0.05) is 5.02 Å². The molecule has 0 spiro atoms. The van der Waals surface area contributed by atoms with Gasteiger partial charge >= 0.3 is 0 Å². The van der Waals surface area contributed by atoms with Crippen molar-refractivity contribution < 1.29 is 27.4 Å². The van der Waals surface area contributed by atoms with Gasteiger partial charge < -0.3 is 14.2 Å². The van der Waals surface area contributed by atoms with E-state index in [1.807, 2.05) is 26.0 Å². The normalized spacial score (nSPS) is 11.3. The number of sulfonamides is 1. The molecule has 0 saturated heterocycles. The van der Waals surface area contributed by atoms with Crippen LogP contribution in [0.15, 0.2) is 101 Å². The maximum atomic E-state index is 13.6. The fourth-order valence-corrected chi connectivity index (χ4v) is 5.53. The molecule has 1 N–H and O–H groups in total. The van der Waals surface area contributed by atoms with Gasteiger partial charge in [-0.05, 0) is 91.7 Å². The van der Waals surface area contributed by atoms with Gasteiger partial charge in [-0.3, -0.25) is 9.10 Å². The molecule has 4 aromatic carbocycles. The van der Waals surface area contributed by atoms with Gasteiger partial charge in [0.1, 0.15) is 18.9 Å². The standard InChI is InChI=1S/C32H32ClN3O6S/c1-4-41-31-19-25(9-18-30(31)42-22-24-7-10-26(33)11-8-24)20-34-35-32(37)21-36(27-12-5-23(2)6-13-27)43(38,39)29-16-14-28(40-3)15-17-29/h5-20H,4,21-22H2,1-3H3,(H,35,37)/b34-20-. The summed E-state index contributed by atoms with van der Waals surface area (Å²) in [7, 11) is -2.58. The summed E-state index contributed by atoms with van der Waals surface area (Å²) in [5.41, 5.74) is 5.31. The molecule has 43 heavy (non-hydrogen) atoms. The van der Waals surface area contributed by atoms with Gasteiger partial charge in [0.15, 0.2) is 11.5 Å². The summed E-state index contributed by atoms with van der Waals surface area (Å²) in [5, 5.41) is 4.69. The summed E-state index contributed by atoms with van der Waals surface area (Å²) in [6.07, 6.45) is 1.44. The lowest BCUT2D eigenvalue weighted by atomic mass is 10.2. The van der Waals surface area contributed by atoms with Crippen molar-refractivity contribution in [1.29, 1.82) is 0 Å². The number of carbonyl (C=O) groups is 1. The summed E-state index contributed by atoms with van der Waals surface area (Å²) in [6, 6.07) is 25.5. The van der Waals surface area contributed by atoms with Crippen LogP contribution >= 0.6 is 11.6 Å². The molecule has 9 nitrogen and oxygen atoms in total. The van der Waals surface area contributed by atoms with Crippen LogP contribution in [0.4, 0.5) is 5.69 Å². The van der Waals surface area contributed by atoms with Gasteiger partial charge in [0.25, 0.3) is 15.9 Å². The molecule has 0 radical (unpaired) electrons. The van der Waals surface area contributed by atoms with E-state index in [2.05, 4.69) is 10.5 Å². The fourth-order valence-electron chi connectivity index (χ4n) is 3.98. The lowest BCUT2D eigenvalue weighted by molar-refractivity contribution is -0.119. The highest BCUT2D eigenvalue weighted by molar-refractivity contribution is 7.92. The molecule has 0 aliphatic heterocycles. The Morgan fingerprint density at radius 1 is 0.930 bits per heavy atom. The van der Waals surface area contributed by atoms with E-state index in [4.69, 9.17) is 25.8 Å². The Kier molecular flexibility index (Phi) is 10.6. The zero-order valence-corrected chi connectivity index (χ0v) is 25.6. The molecule has 1 amide bonds. The average Bonchev–Trinajstić information content (AvgIpc) is 3.01. The topological polar surface area (TPSA) is 107 Å². The maximum Gasteiger partial charge on any atom is 0.264 e. The molecule has 4 aromatic rings. The number of halogens is 1. The Balaban J connectivity index is 1.46. The van der Waals surface area contributed by atoms with Crippen LogP contribution in [0.2, 0.25) is 5.02 Å². The van der Waals surface area contributed by atoms with Gasteiger partial charge in [-0.25, -0.2) is 13.8 Å². The number of hydrogen-bond donors (Lipinski definition) is 1. The first kappa shape index (κ1) is 31.4. The molecule has 0 unspecified atom stereocenters. The first-order valence-corrected chi connectivity index (χ1v) is 15.2. The van der Waals surface area contributed by atoms with Crippen LogP contribution in [0, 0.1) is 6.92 Å². The number of anilines is 1. The Bertz CT molecular complexity index is 1660. The number of methoxy groups -OCH3 is 1. The molecule has 0 aliphatic carbocycles. The van der Waals surface area contributed by atoms with Crippen molar-refractivity contribution in [3.05, 3.63) is 113 Å². The van der Waals surface area contributed by atoms with E-state index in [1.165, 1.54) is 25.5 Å². The Hall–Kier alpha value is -4.54. The molecule has 0 bridgehead atoms. The first-order valence-electron chi connectivity index (χ1n) is 13.4. The molecule has 0 fully saturated rings. The summed E-state index contributed by atoms with van der Waals surface area (Å²) in [6.45, 7) is 4.02. The van der Waals surface area contributed by atoms with E-state index in [9.17, 15) is 13.2 Å². The van der Waals surface area contributed by atoms with Gasteiger partial charge in [-0.2, -0.15) is 5.10 Å². The third-order valence-electron chi connectivity index (χ3n) is 6.23. The van der Waals surface area contributed by atoms with Crippen molar-refractivity contribution in [1.82, 2.24) is 5.43 Å². The minimum atomic E-state index is -4.08. The highest BCUT2D eigenvalue weighted by Crippen LogP contribution is 2.29. The third kappa shape index (κ3) is 8.50. The number of benzene rings is 4. The van der Waals surface area contributed by atoms with Crippen LogP contribution in [0.5, 0.6) is 17.2 Å². The molecular weight excluding hydrogens is 590 g/mol. The Morgan fingerprint density at radius 3 is 2.28 bits per heavy atom. The quantitative estimate of drug-likeness (QED) is 0.145. The van der Waals surface area contributed by atoms with Crippen LogP contribution in [-0.2, 0) is 21.4 Å². The zero-order valence-electron chi connectivity index (χ0n) is 24.0. The number of rotatable bonds is 13. The van der Waals surface area contributed by atoms with E-state index in [1.54, 1.807) is 66.7 Å². The Labute approximate surface area is 256 Å². The van der Waals surface area contributed by atoms with Crippen LogP contribution < -0.4 is 23.9 Å². The fraction of sp³-hybridized carbons (Fsp3) is 0.188. The van der Waals surface area contributed by atoms with Crippen molar-refractivity contribution in [2.24, 2.45) is 5.10 Å². The van der Waals surface area contributed by atoms with Crippen molar-refractivity contribution in [2.45, 2.75) is 25.3 Å². The van der Waals surface area contributed by atoms with Gasteiger partial charge in [-0.15, -0.1) is 0 Å². The van der Waals surface area contributed by atoms with Crippen LogP contribution in [0.3, 0.4) is 0 Å². The van der Waals surface area contributed by atoms with Gasteiger partial charge in [0.05, 0.1) is 30.5 Å². The molecule has 0 heterocycles. The summed E-state index contributed by atoms with van der Waals surface area (Å²) >= 11 is 5.95. The number of hydrogen-bond acceptors (Lipinski definition) is 7. The number of nitrogens with zero attached hydrogens (tertiary/aromatic N) is 2. The summed E-state index contributed by atoms with van der Waals surface area (Å²) < 4.78 is 45.0. The largest absolute Gasteiger partial charge is 0.497 e. The van der Waals surface area contributed by atoms with E-state index in [-0.39, 0.29) is 4.90 Å². The van der Waals surface area contributed by atoms with Gasteiger partial charge in [-0.1, -0.05) is 41.4 Å². The van der Waals surface area contributed by atoms with Gasteiger partial charge in [0.2, 0.25) is 0 Å². The van der Waals surface area contributed by atoms with E-state index in [0.717, 1.165) is 15.4 Å². The van der Waals surface area contributed by atoms with E-state index >= 15 is 0 Å². The number of ether oxygens (including phenoxy) is 3.